The third kappa shape index (κ3) is 7.37. The molecule has 1 aromatic heterocycles. The van der Waals surface area contributed by atoms with E-state index in [1.807, 2.05) is 73.7 Å². The van der Waals surface area contributed by atoms with E-state index in [2.05, 4.69) is 47.3 Å². The minimum absolute atomic E-state index is 0.0471. The van der Waals surface area contributed by atoms with Gasteiger partial charge in [-0.1, -0.05) is 67.8 Å². The Balaban J connectivity index is 1.77. The summed E-state index contributed by atoms with van der Waals surface area (Å²) >= 11 is 0. The van der Waals surface area contributed by atoms with E-state index in [1.54, 1.807) is 4.57 Å². The SMILES string of the molecule is C=CC(/N=c1/o/c(=C/c2ccc(N(c3ccccc3)c3ccccc3)cc2)c(=C)n1CC)=C(\C=C/CC(=O)O)C(=O)OC. The predicted octanol–water partition coefficient (Wildman–Crippen LogP) is 5.35. The van der Waals surface area contributed by atoms with Gasteiger partial charge < -0.3 is 19.2 Å². The fourth-order valence-corrected chi connectivity index (χ4v) is 4.42. The number of carboxylic acids is 1. The van der Waals surface area contributed by atoms with Gasteiger partial charge in [-0.3, -0.25) is 9.36 Å². The molecule has 8 heteroatoms. The van der Waals surface area contributed by atoms with Crippen LogP contribution in [0.4, 0.5) is 17.1 Å². The highest BCUT2D eigenvalue weighted by Gasteiger charge is 2.14. The first kappa shape index (κ1) is 30.3. The van der Waals surface area contributed by atoms with Crippen LogP contribution >= 0.6 is 0 Å². The Kier molecular flexibility index (Phi) is 10.1. The van der Waals surface area contributed by atoms with E-state index in [1.165, 1.54) is 25.3 Å². The molecule has 4 aromatic rings. The van der Waals surface area contributed by atoms with E-state index in [0.717, 1.165) is 22.6 Å². The van der Waals surface area contributed by atoms with Crippen LogP contribution in [-0.2, 0) is 20.9 Å². The van der Waals surface area contributed by atoms with Gasteiger partial charge in [0.25, 0.3) is 0 Å². The van der Waals surface area contributed by atoms with Crippen LogP contribution in [0, 0.1) is 0 Å². The summed E-state index contributed by atoms with van der Waals surface area (Å²) < 4.78 is 12.8. The maximum Gasteiger partial charge on any atom is 0.340 e. The van der Waals surface area contributed by atoms with Gasteiger partial charge in [-0.2, -0.15) is 4.99 Å². The average molecular weight is 576 g/mol. The number of hydrogen-bond donors (Lipinski definition) is 1. The van der Waals surface area contributed by atoms with Gasteiger partial charge >= 0.3 is 17.6 Å². The maximum atomic E-state index is 12.5. The first-order valence-electron chi connectivity index (χ1n) is 13.6. The van der Waals surface area contributed by atoms with Crippen LogP contribution in [0.25, 0.3) is 12.7 Å². The molecule has 1 N–H and O–H groups in total. The zero-order valence-electron chi connectivity index (χ0n) is 24.1. The zero-order valence-corrected chi connectivity index (χ0v) is 24.1. The van der Waals surface area contributed by atoms with Crippen molar-refractivity contribution < 1.29 is 23.8 Å². The summed E-state index contributed by atoms with van der Waals surface area (Å²) in [5.41, 5.74) is 4.90. The zero-order chi connectivity index (χ0) is 30.8. The van der Waals surface area contributed by atoms with Crippen molar-refractivity contribution in [2.45, 2.75) is 19.9 Å². The van der Waals surface area contributed by atoms with E-state index >= 15 is 0 Å². The summed E-state index contributed by atoms with van der Waals surface area (Å²) in [7, 11) is 1.23. The summed E-state index contributed by atoms with van der Waals surface area (Å²) in [6.45, 7) is 10.4. The lowest BCUT2D eigenvalue weighted by atomic mass is 10.1. The fraction of sp³-hybridized carbons (Fsp3) is 0.114. The molecule has 1 heterocycles. The molecular weight excluding hydrogens is 542 g/mol. The molecule has 0 aliphatic carbocycles. The highest BCUT2D eigenvalue weighted by molar-refractivity contribution is 5.93. The molecule has 0 spiro atoms. The number of nitrogens with zero attached hydrogens (tertiary/aromatic N) is 3. The molecule has 0 saturated heterocycles. The van der Waals surface area contributed by atoms with Gasteiger partial charge in [-0.05, 0) is 67.1 Å². The predicted molar refractivity (Wildman–Crippen MR) is 168 cm³/mol. The number of esters is 1. The van der Waals surface area contributed by atoms with Crippen LogP contribution in [0.15, 0.2) is 130 Å². The van der Waals surface area contributed by atoms with E-state index in [4.69, 9.17) is 14.3 Å². The van der Waals surface area contributed by atoms with Gasteiger partial charge in [-0.25, -0.2) is 4.79 Å². The molecule has 0 amide bonds. The van der Waals surface area contributed by atoms with E-state index in [9.17, 15) is 9.59 Å². The molecule has 0 fully saturated rings. The second-order valence-electron chi connectivity index (χ2n) is 9.29. The largest absolute Gasteiger partial charge is 0.481 e. The molecule has 8 nitrogen and oxygen atoms in total. The van der Waals surface area contributed by atoms with Crippen molar-refractivity contribution in [2.75, 3.05) is 12.0 Å². The molecular formula is C35H33N3O5. The maximum absolute atomic E-state index is 12.5. The summed E-state index contributed by atoms with van der Waals surface area (Å²) in [6.07, 6.45) is 5.69. The lowest BCUT2D eigenvalue weighted by Gasteiger charge is -2.25. The smallest absolute Gasteiger partial charge is 0.340 e. The minimum atomic E-state index is -1.03. The van der Waals surface area contributed by atoms with Gasteiger partial charge in [0.1, 0.15) is 0 Å². The number of oxazole rings is 1. The van der Waals surface area contributed by atoms with Crippen LogP contribution in [0.3, 0.4) is 0 Å². The van der Waals surface area contributed by atoms with Crippen molar-refractivity contribution in [3.63, 3.8) is 0 Å². The molecule has 0 aliphatic heterocycles. The first-order valence-corrected chi connectivity index (χ1v) is 13.6. The van der Waals surface area contributed by atoms with Crippen molar-refractivity contribution in [3.05, 3.63) is 143 Å². The molecule has 0 atom stereocenters. The van der Waals surface area contributed by atoms with Gasteiger partial charge in [0.2, 0.25) is 0 Å². The summed E-state index contributed by atoms with van der Waals surface area (Å²) in [5, 5.41) is 9.57. The minimum Gasteiger partial charge on any atom is -0.481 e. The van der Waals surface area contributed by atoms with Crippen LogP contribution in [0.1, 0.15) is 18.9 Å². The highest BCUT2D eigenvalue weighted by Crippen LogP contribution is 2.34. The Labute approximate surface area is 249 Å². The molecule has 43 heavy (non-hydrogen) atoms. The molecule has 0 bridgehead atoms. The molecule has 0 aliphatic rings. The van der Waals surface area contributed by atoms with Gasteiger partial charge in [0.15, 0.2) is 5.42 Å². The number of carbonyl (C=O) groups is 2. The number of benzene rings is 3. The van der Waals surface area contributed by atoms with Crippen LogP contribution in [-0.4, -0.2) is 28.7 Å². The Bertz CT molecular complexity index is 1790. The number of para-hydroxylation sites is 2. The Hall–Kier alpha value is -5.63. The van der Waals surface area contributed by atoms with Crippen LogP contribution in [0.5, 0.6) is 0 Å². The number of carbonyl (C=O) groups excluding carboxylic acids is 1. The topological polar surface area (TPSA) is 97.3 Å². The molecule has 0 saturated carbocycles. The van der Waals surface area contributed by atoms with E-state index < -0.39 is 11.9 Å². The van der Waals surface area contributed by atoms with Crippen molar-refractivity contribution in [1.29, 1.82) is 0 Å². The third-order valence-corrected chi connectivity index (χ3v) is 6.50. The molecule has 0 radical (unpaired) electrons. The van der Waals surface area contributed by atoms with Crippen molar-refractivity contribution in [1.82, 2.24) is 4.57 Å². The fourth-order valence-electron chi connectivity index (χ4n) is 4.42. The number of aliphatic carboxylic acids is 1. The van der Waals surface area contributed by atoms with E-state index in [-0.39, 0.29) is 23.4 Å². The molecule has 3 aromatic carbocycles. The monoisotopic (exact) mass is 575 g/mol. The van der Waals surface area contributed by atoms with Gasteiger partial charge in [-0.15, -0.1) is 0 Å². The Morgan fingerprint density at radius 2 is 1.56 bits per heavy atom. The number of ether oxygens (including phenoxy) is 1. The van der Waals surface area contributed by atoms with Crippen LogP contribution in [0.2, 0.25) is 0 Å². The summed E-state index contributed by atoms with van der Waals surface area (Å²) in [6, 6.07) is 28.4. The molecule has 0 unspecified atom stereocenters. The Morgan fingerprint density at radius 1 is 0.977 bits per heavy atom. The lowest BCUT2D eigenvalue weighted by molar-refractivity contribution is -0.137. The van der Waals surface area contributed by atoms with Crippen molar-refractivity contribution in [2.24, 2.45) is 4.99 Å². The normalized spacial score (nSPS) is 12.7. The third-order valence-electron chi connectivity index (χ3n) is 6.50. The Morgan fingerprint density at radius 3 is 2.07 bits per heavy atom. The number of allylic oxidation sites excluding steroid dienone is 1. The van der Waals surface area contributed by atoms with Crippen LogP contribution < -0.4 is 21.3 Å². The van der Waals surface area contributed by atoms with Gasteiger partial charge in [0.05, 0.1) is 30.1 Å². The molecule has 4 rings (SSSR count). The standard InChI is InChI=1S/C35H33N3O5/c1-5-31(30(34(41)42-4)18-13-19-33(39)40)36-35-37(6-2)25(3)32(43-35)24-26-20-22-29(23-21-26)38(27-14-9-7-10-15-27)28-16-11-8-12-17-28/h5,7-18,20-24H,1,3,6,19H2,2,4H3,(H,39,40)/b18-13-,31-30-,32-24+,36-35+. The number of hydrogen-bond acceptors (Lipinski definition) is 6. The lowest BCUT2D eigenvalue weighted by Crippen LogP contribution is -2.30. The highest BCUT2D eigenvalue weighted by atomic mass is 16.5. The first-order chi connectivity index (χ1) is 20.9. The molecule has 218 valence electrons. The number of anilines is 3. The van der Waals surface area contributed by atoms with E-state index in [0.29, 0.717) is 17.3 Å². The number of methoxy groups -OCH3 is 1. The number of carboxylic acid groups (broad SMARTS) is 1. The number of rotatable bonds is 11. The second-order valence-corrected chi connectivity index (χ2v) is 9.29. The average Bonchev–Trinajstić information content (AvgIpc) is 3.32. The summed E-state index contributed by atoms with van der Waals surface area (Å²) in [4.78, 5) is 30.1. The number of aromatic nitrogens is 1. The van der Waals surface area contributed by atoms with Crippen molar-refractivity contribution >= 4 is 41.7 Å². The van der Waals surface area contributed by atoms with Crippen molar-refractivity contribution in [3.8, 4) is 0 Å². The quantitative estimate of drug-likeness (QED) is 0.147. The van der Waals surface area contributed by atoms with Gasteiger partial charge in [0, 0.05) is 23.6 Å². The summed E-state index contributed by atoms with van der Waals surface area (Å²) in [5.74, 6) is -1.72. The second kappa shape index (κ2) is 14.3.